The van der Waals surface area contributed by atoms with E-state index in [0.717, 1.165) is 37.2 Å². The number of likely N-dealkylation sites (tertiary alicyclic amines) is 1. The van der Waals surface area contributed by atoms with Crippen LogP contribution in [0.3, 0.4) is 0 Å². The summed E-state index contributed by atoms with van der Waals surface area (Å²) in [5, 5.41) is 3.59. The number of anilines is 1. The smallest absolute Gasteiger partial charge is 0.282 e. The lowest BCUT2D eigenvalue weighted by molar-refractivity contribution is -0.919. The third-order valence-corrected chi connectivity index (χ3v) is 4.97. The lowest BCUT2D eigenvalue weighted by Crippen LogP contribution is -3.17. The molecule has 1 fully saturated rings. The first-order valence-electron chi connectivity index (χ1n) is 7.60. The van der Waals surface area contributed by atoms with Crippen LogP contribution in [0.1, 0.15) is 25.3 Å². The van der Waals surface area contributed by atoms with E-state index in [1.165, 1.54) is 4.90 Å². The van der Waals surface area contributed by atoms with Gasteiger partial charge in [0, 0.05) is 29.5 Å². The van der Waals surface area contributed by atoms with Gasteiger partial charge in [-0.15, -0.1) is 0 Å². The number of quaternary nitrogens is 1. The lowest BCUT2D eigenvalue weighted by Gasteiger charge is -2.31. The summed E-state index contributed by atoms with van der Waals surface area (Å²) in [7, 11) is 0. The number of carbonyl (C=O) groups excluding carboxylic acids is 2. The summed E-state index contributed by atoms with van der Waals surface area (Å²) in [5.41, 5.74) is 6.96. The van der Waals surface area contributed by atoms with Crippen molar-refractivity contribution in [2.75, 3.05) is 18.4 Å². The van der Waals surface area contributed by atoms with Gasteiger partial charge in [0.05, 0.1) is 13.1 Å². The zero-order valence-electron chi connectivity index (χ0n) is 13.0. The molecule has 1 atom stereocenters. The number of rotatable bonds is 4. The van der Waals surface area contributed by atoms with Crippen LogP contribution in [-0.2, 0) is 9.59 Å². The van der Waals surface area contributed by atoms with Gasteiger partial charge in [-0.1, -0.05) is 17.7 Å². The summed E-state index contributed by atoms with van der Waals surface area (Å²) in [5.74, 6) is -0.308. The molecule has 4 N–H and O–H groups in total. The molecule has 0 saturated carbocycles. The van der Waals surface area contributed by atoms with Gasteiger partial charge < -0.3 is 16.0 Å². The van der Waals surface area contributed by atoms with Crippen LogP contribution in [0.25, 0.3) is 0 Å². The van der Waals surface area contributed by atoms with Crippen molar-refractivity contribution >= 4 is 29.1 Å². The number of carbonyl (C=O) groups is 2. The van der Waals surface area contributed by atoms with E-state index in [2.05, 4.69) is 5.32 Å². The predicted molar refractivity (Wildman–Crippen MR) is 86.9 cm³/mol. The normalized spacial score (nSPS) is 22.9. The van der Waals surface area contributed by atoms with Crippen molar-refractivity contribution in [3.8, 4) is 0 Å². The highest BCUT2D eigenvalue weighted by molar-refractivity contribution is 6.31. The molecule has 120 valence electrons. The molecule has 0 aliphatic carbocycles. The number of hydrogen-bond acceptors (Lipinski definition) is 2. The standard InChI is InChI=1S/C16H22ClN3O2/c1-10-13(17)4-3-5-14(10)19-16(22)11(2)20-8-6-12(7-9-20)15(18)21/h3-5,11-12H,6-9H2,1-2H3,(H2,18,21)(H,19,22)/p+1/t11-/m1/s1. The van der Waals surface area contributed by atoms with Crippen molar-refractivity contribution in [2.24, 2.45) is 11.7 Å². The Balaban J connectivity index is 1.95. The molecule has 1 aliphatic rings. The Kier molecular flexibility index (Phi) is 5.42. The van der Waals surface area contributed by atoms with Crippen LogP contribution in [0.5, 0.6) is 0 Å². The van der Waals surface area contributed by atoms with E-state index in [9.17, 15) is 9.59 Å². The SMILES string of the molecule is Cc1c(Cl)cccc1NC(=O)[C@@H](C)[NH+]1CCC(C(N)=O)CC1. The summed E-state index contributed by atoms with van der Waals surface area (Å²) in [6.07, 6.45) is 1.50. The molecule has 1 aliphatic heterocycles. The van der Waals surface area contributed by atoms with Crippen LogP contribution in [-0.4, -0.2) is 30.9 Å². The van der Waals surface area contributed by atoms with E-state index in [4.69, 9.17) is 17.3 Å². The summed E-state index contributed by atoms with van der Waals surface area (Å²) < 4.78 is 0. The largest absolute Gasteiger partial charge is 0.369 e. The molecule has 2 rings (SSSR count). The second-order valence-corrected chi connectivity index (χ2v) is 6.37. The average molecular weight is 325 g/mol. The summed E-state index contributed by atoms with van der Waals surface area (Å²) in [6.45, 7) is 5.37. The Labute approximate surface area is 135 Å². The topological polar surface area (TPSA) is 76.6 Å². The van der Waals surface area contributed by atoms with Gasteiger partial charge in [0.25, 0.3) is 5.91 Å². The monoisotopic (exact) mass is 324 g/mol. The molecule has 22 heavy (non-hydrogen) atoms. The third-order valence-electron chi connectivity index (χ3n) is 4.56. The molecule has 0 spiro atoms. The van der Waals surface area contributed by atoms with Crippen LogP contribution >= 0.6 is 11.6 Å². The molecule has 1 aromatic carbocycles. The van der Waals surface area contributed by atoms with E-state index < -0.39 is 0 Å². The Morgan fingerprint density at radius 3 is 2.59 bits per heavy atom. The van der Waals surface area contributed by atoms with Crippen LogP contribution < -0.4 is 16.0 Å². The van der Waals surface area contributed by atoms with Gasteiger partial charge in [0.1, 0.15) is 0 Å². The van der Waals surface area contributed by atoms with Crippen molar-refractivity contribution in [2.45, 2.75) is 32.7 Å². The fourth-order valence-electron chi connectivity index (χ4n) is 2.88. The minimum Gasteiger partial charge on any atom is -0.369 e. The highest BCUT2D eigenvalue weighted by Crippen LogP contribution is 2.22. The molecule has 1 aromatic rings. The van der Waals surface area contributed by atoms with Gasteiger partial charge >= 0.3 is 0 Å². The van der Waals surface area contributed by atoms with E-state index in [1.54, 1.807) is 6.07 Å². The maximum Gasteiger partial charge on any atom is 0.282 e. The van der Waals surface area contributed by atoms with E-state index in [0.29, 0.717) is 5.02 Å². The minimum atomic E-state index is -0.231. The summed E-state index contributed by atoms with van der Waals surface area (Å²) >= 11 is 6.07. The second-order valence-electron chi connectivity index (χ2n) is 5.96. The van der Waals surface area contributed by atoms with Crippen molar-refractivity contribution in [1.82, 2.24) is 0 Å². The molecular weight excluding hydrogens is 302 g/mol. The quantitative estimate of drug-likeness (QED) is 0.764. The molecule has 5 nitrogen and oxygen atoms in total. The van der Waals surface area contributed by atoms with E-state index in [-0.39, 0.29) is 23.8 Å². The molecule has 6 heteroatoms. The molecule has 0 unspecified atom stereocenters. The number of piperidine rings is 1. The van der Waals surface area contributed by atoms with Crippen molar-refractivity contribution in [1.29, 1.82) is 0 Å². The van der Waals surface area contributed by atoms with Crippen LogP contribution in [0.4, 0.5) is 5.69 Å². The molecule has 1 saturated heterocycles. The Morgan fingerprint density at radius 2 is 2.00 bits per heavy atom. The number of nitrogens with two attached hydrogens (primary N) is 1. The molecule has 0 radical (unpaired) electrons. The van der Waals surface area contributed by atoms with Crippen molar-refractivity contribution in [3.63, 3.8) is 0 Å². The Hall–Kier alpha value is -1.59. The van der Waals surface area contributed by atoms with Gasteiger partial charge in [-0.3, -0.25) is 9.59 Å². The predicted octanol–water partition coefficient (Wildman–Crippen LogP) is 0.756. The average Bonchev–Trinajstić information content (AvgIpc) is 2.51. The lowest BCUT2D eigenvalue weighted by atomic mass is 9.95. The number of hydrogen-bond donors (Lipinski definition) is 3. The molecule has 0 bridgehead atoms. The van der Waals surface area contributed by atoms with Gasteiger partial charge in [-0.2, -0.15) is 0 Å². The molecule has 2 amide bonds. The van der Waals surface area contributed by atoms with Crippen LogP contribution in [0.2, 0.25) is 5.02 Å². The Morgan fingerprint density at radius 1 is 1.36 bits per heavy atom. The fourth-order valence-corrected chi connectivity index (χ4v) is 3.05. The highest BCUT2D eigenvalue weighted by atomic mass is 35.5. The fraction of sp³-hybridized carbons (Fsp3) is 0.500. The van der Waals surface area contributed by atoms with E-state index in [1.807, 2.05) is 26.0 Å². The summed E-state index contributed by atoms with van der Waals surface area (Å²) in [4.78, 5) is 24.8. The second kappa shape index (κ2) is 7.11. The maximum absolute atomic E-state index is 12.4. The number of nitrogens with one attached hydrogen (secondary N) is 2. The number of primary amides is 1. The zero-order valence-corrected chi connectivity index (χ0v) is 13.7. The maximum atomic E-state index is 12.4. The van der Waals surface area contributed by atoms with Gasteiger partial charge in [-0.25, -0.2) is 0 Å². The van der Waals surface area contributed by atoms with Gasteiger partial charge in [-0.05, 0) is 31.5 Å². The minimum absolute atomic E-state index is 0.0297. The van der Waals surface area contributed by atoms with Crippen LogP contribution in [0, 0.1) is 12.8 Å². The zero-order chi connectivity index (χ0) is 16.3. The van der Waals surface area contributed by atoms with Gasteiger partial charge in [0.15, 0.2) is 6.04 Å². The molecule has 0 aromatic heterocycles. The highest BCUT2D eigenvalue weighted by Gasteiger charge is 2.32. The molecular formula is C16H23ClN3O2+. The number of halogens is 1. The van der Waals surface area contributed by atoms with Crippen molar-refractivity contribution in [3.05, 3.63) is 28.8 Å². The first kappa shape index (κ1) is 16.8. The number of benzene rings is 1. The Bertz CT molecular complexity index is 569. The molecule has 1 heterocycles. The van der Waals surface area contributed by atoms with E-state index >= 15 is 0 Å². The first-order chi connectivity index (χ1) is 10.4. The van der Waals surface area contributed by atoms with Gasteiger partial charge in [0.2, 0.25) is 5.91 Å². The third kappa shape index (κ3) is 3.78. The summed E-state index contributed by atoms with van der Waals surface area (Å²) in [6, 6.07) is 5.30. The van der Waals surface area contributed by atoms with Crippen LogP contribution in [0.15, 0.2) is 18.2 Å². The van der Waals surface area contributed by atoms with Crippen molar-refractivity contribution < 1.29 is 14.5 Å². The first-order valence-corrected chi connectivity index (χ1v) is 7.97. The number of amides is 2.